The van der Waals surface area contributed by atoms with Crippen molar-refractivity contribution in [3.63, 3.8) is 0 Å². The van der Waals surface area contributed by atoms with Crippen LogP contribution in [0.5, 0.6) is 0 Å². The highest BCUT2D eigenvalue weighted by molar-refractivity contribution is 9.10. The Labute approximate surface area is 148 Å². The third-order valence-corrected chi connectivity index (χ3v) is 5.26. The number of aryl methyl sites for hydroxylation is 1. The van der Waals surface area contributed by atoms with E-state index >= 15 is 0 Å². The van der Waals surface area contributed by atoms with Crippen molar-refractivity contribution in [2.45, 2.75) is 32.1 Å². The van der Waals surface area contributed by atoms with Crippen LogP contribution in [0.1, 0.15) is 48.2 Å². The van der Waals surface area contributed by atoms with Gasteiger partial charge in [0.15, 0.2) is 5.78 Å². The first-order valence-corrected chi connectivity index (χ1v) is 9.02. The second kappa shape index (κ2) is 5.55. The van der Waals surface area contributed by atoms with Gasteiger partial charge in [-0.2, -0.15) is 5.10 Å². The van der Waals surface area contributed by atoms with Crippen LogP contribution in [-0.4, -0.2) is 25.1 Å². The molecule has 2 aromatic heterocycles. The molecule has 0 N–H and O–H groups in total. The molecule has 24 heavy (non-hydrogen) atoms. The number of halogens is 1. The van der Waals surface area contributed by atoms with Gasteiger partial charge in [0.05, 0.1) is 11.2 Å². The Kier molecular flexibility index (Phi) is 3.60. The highest BCUT2D eigenvalue weighted by atomic mass is 79.9. The van der Waals surface area contributed by atoms with Crippen molar-refractivity contribution in [3.05, 3.63) is 34.2 Å². The van der Waals surface area contributed by atoms with E-state index in [2.05, 4.69) is 25.6 Å². The van der Waals surface area contributed by atoms with E-state index in [0.717, 1.165) is 26.9 Å². The molecule has 0 aliphatic heterocycles. The molecule has 1 saturated carbocycles. The summed E-state index contributed by atoms with van der Waals surface area (Å²) < 4.78 is 4.80. The summed E-state index contributed by atoms with van der Waals surface area (Å²) in [7, 11) is 3.93. The fourth-order valence-corrected chi connectivity index (χ4v) is 4.08. The first-order chi connectivity index (χ1) is 11.5. The summed E-state index contributed by atoms with van der Waals surface area (Å²) in [6.45, 7) is 1.89. The van der Waals surface area contributed by atoms with Gasteiger partial charge in [-0.05, 0) is 40.9 Å². The lowest BCUT2D eigenvalue weighted by atomic mass is 9.99. The van der Waals surface area contributed by atoms with Crippen molar-refractivity contribution >= 4 is 32.6 Å². The van der Waals surface area contributed by atoms with Crippen LogP contribution in [0.15, 0.2) is 22.9 Å². The molecular formula is C18H19BrN4O. The van der Waals surface area contributed by atoms with Gasteiger partial charge in [0, 0.05) is 49.1 Å². The third kappa shape index (κ3) is 2.40. The Bertz CT molecular complexity index is 965. The van der Waals surface area contributed by atoms with E-state index in [1.165, 1.54) is 18.5 Å². The molecule has 1 fully saturated rings. The zero-order chi connectivity index (χ0) is 17.0. The number of ketones is 1. The van der Waals surface area contributed by atoms with Gasteiger partial charge >= 0.3 is 0 Å². The number of carbonyl (C=O) groups is 1. The smallest absolute Gasteiger partial charge is 0.163 e. The van der Waals surface area contributed by atoms with E-state index in [1.807, 2.05) is 39.3 Å². The SMILES string of the molecule is CCC(=O)c1cc2nn(C)cc2cc1-c1nc(Br)c(C2CC2)n1C. The predicted molar refractivity (Wildman–Crippen MR) is 97.2 cm³/mol. The quantitative estimate of drug-likeness (QED) is 0.631. The summed E-state index contributed by atoms with van der Waals surface area (Å²) in [6, 6.07) is 3.94. The van der Waals surface area contributed by atoms with Crippen molar-refractivity contribution in [3.8, 4) is 11.4 Å². The Morgan fingerprint density at radius 3 is 2.75 bits per heavy atom. The molecule has 0 atom stereocenters. The van der Waals surface area contributed by atoms with Gasteiger partial charge in [0.25, 0.3) is 0 Å². The molecule has 1 aliphatic carbocycles. The lowest BCUT2D eigenvalue weighted by Crippen LogP contribution is -2.04. The first-order valence-electron chi connectivity index (χ1n) is 8.22. The average molecular weight is 387 g/mol. The molecule has 0 spiro atoms. The number of benzene rings is 1. The van der Waals surface area contributed by atoms with Gasteiger partial charge in [-0.25, -0.2) is 4.98 Å². The maximum atomic E-state index is 12.5. The fraction of sp³-hybridized carbons (Fsp3) is 0.389. The van der Waals surface area contributed by atoms with Crippen LogP contribution in [-0.2, 0) is 14.1 Å². The molecule has 6 heteroatoms. The zero-order valence-electron chi connectivity index (χ0n) is 14.0. The van der Waals surface area contributed by atoms with Crippen LogP contribution in [0.3, 0.4) is 0 Å². The fourth-order valence-electron chi connectivity index (χ4n) is 3.32. The standard InChI is InChI=1S/C18H19BrN4O/c1-4-15(24)12-8-14-11(9-22(2)21-14)7-13(12)18-20-17(19)16(23(18)3)10-5-6-10/h7-10H,4-6H2,1-3H3. The van der Waals surface area contributed by atoms with Gasteiger partial charge < -0.3 is 4.57 Å². The first kappa shape index (κ1) is 15.6. The minimum Gasteiger partial charge on any atom is -0.330 e. The second-order valence-electron chi connectivity index (χ2n) is 6.48. The largest absolute Gasteiger partial charge is 0.330 e. The minimum absolute atomic E-state index is 0.115. The van der Waals surface area contributed by atoms with Crippen LogP contribution in [0, 0.1) is 0 Å². The highest BCUT2D eigenvalue weighted by Crippen LogP contribution is 2.44. The normalized spacial score (nSPS) is 14.5. The topological polar surface area (TPSA) is 52.7 Å². The van der Waals surface area contributed by atoms with Gasteiger partial charge in [-0.15, -0.1) is 0 Å². The maximum Gasteiger partial charge on any atom is 0.163 e. The third-order valence-electron chi connectivity index (χ3n) is 4.68. The summed E-state index contributed by atoms with van der Waals surface area (Å²) in [5, 5.41) is 5.46. The number of Topliss-reactive ketones (excluding diaryl/α,β-unsaturated/α-hetero) is 1. The van der Waals surface area contributed by atoms with E-state index in [-0.39, 0.29) is 5.78 Å². The molecular weight excluding hydrogens is 368 g/mol. The molecule has 1 aliphatic rings. The maximum absolute atomic E-state index is 12.5. The zero-order valence-corrected chi connectivity index (χ0v) is 15.6. The molecule has 5 nitrogen and oxygen atoms in total. The molecule has 0 amide bonds. The van der Waals surface area contributed by atoms with E-state index in [4.69, 9.17) is 4.98 Å². The molecule has 0 saturated heterocycles. The molecule has 4 rings (SSSR count). The molecule has 0 bridgehead atoms. The molecule has 1 aromatic carbocycles. The Morgan fingerprint density at radius 1 is 1.33 bits per heavy atom. The summed E-state index contributed by atoms with van der Waals surface area (Å²) in [6.07, 6.45) is 4.85. The van der Waals surface area contributed by atoms with Crippen LogP contribution in [0.25, 0.3) is 22.3 Å². The number of imidazole rings is 1. The summed E-state index contributed by atoms with van der Waals surface area (Å²) in [5.74, 6) is 1.54. The van der Waals surface area contributed by atoms with E-state index in [9.17, 15) is 4.79 Å². The predicted octanol–water partition coefficient (Wildman–Crippen LogP) is 4.21. The molecule has 3 aromatic rings. The van der Waals surface area contributed by atoms with Crippen molar-refractivity contribution in [2.75, 3.05) is 0 Å². The van der Waals surface area contributed by atoms with Crippen LogP contribution in [0.2, 0.25) is 0 Å². The average Bonchev–Trinajstić information content (AvgIpc) is 3.24. The molecule has 124 valence electrons. The number of nitrogens with zero attached hydrogens (tertiary/aromatic N) is 4. The van der Waals surface area contributed by atoms with Crippen LogP contribution in [0.4, 0.5) is 0 Å². The van der Waals surface area contributed by atoms with Gasteiger partial charge in [-0.3, -0.25) is 9.48 Å². The molecule has 0 unspecified atom stereocenters. The van der Waals surface area contributed by atoms with Crippen molar-refractivity contribution < 1.29 is 4.79 Å². The van der Waals surface area contributed by atoms with Crippen molar-refractivity contribution in [1.82, 2.24) is 19.3 Å². The Balaban J connectivity index is 1.97. The van der Waals surface area contributed by atoms with Gasteiger partial charge in [-0.1, -0.05) is 6.92 Å². The number of carbonyl (C=O) groups excluding carboxylic acids is 1. The lowest BCUT2D eigenvalue weighted by molar-refractivity contribution is 0.0989. The Morgan fingerprint density at radius 2 is 2.08 bits per heavy atom. The Hall–Kier alpha value is -1.95. The van der Waals surface area contributed by atoms with Crippen LogP contribution < -0.4 is 0 Å². The van der Waals surface area contributed by atoms with E-state index in [0.29, 0.717) is 17.9 Å². The summed E-state index contributed by atoms with van der Waals surface area (Å²) >= 11 is 3.61. The number of hydrogen-bond acceptors (Lipinski definition) is 3. The van der Waals surface area contributed by atoms with Gasteiger partial charge in [0.2, 0.25) is 0 Å². The number of aromatic nitrogens is 4. The van der Waals surface area contributed by atoms with Gasteiger partial charge in [0.1, 0.15) is 10.4 Å². The number of hydrogen-bond donors (Lipinski definition) is 0. The summed E-state index contributed by atoms with van der Waals surface area (Å²) in [4.78, 5) is 17.3. The lowest BCUT2D eigenvalue weighted by Gasteiger charge is -2.10. The van der Waals surface area contributed by atoms with Crippen molar-refractivity contribution in [1.29, 1.82) is 0 Å². The van der Waals surface area contributed by atoms with E-state index < -0.39 is 0 Å². The van der Waals surface area contributed by atoms with E-state index in [1.54, 1.807) is 4.68 Å². The summed E-state index contributed by atoms with van der Waals surface area (Å²) in [5.41, 5.74) is 3.66. The second-order valence-corrected chi connectivity index (χ2v) is 7.23. The number of fused-ring (bicyclic) bond motifs is 1. The number of rotatable bonds is 4. The highest BCUT2D eigenvalue weighted by Gasteiger charge is 2.31. The van der Waals surface area contributed by atoms with Crippen LogP contribution >= 0.6 is 15.9 Å². The monoisotopic (exact) mass is 386 g/mol. The van der Waals surface area contributed by atoms with Crippen molar-refractivity contribution in [2.24, 2.45) is 14.1 Å². The molecule has 0 radical (unpaired) electrons. The molecule has 2 heterocycles. The minimum atomic E-state index is 0.115.